The van der Waals surface area contributed by atoms with Gasteiger partial charge in [0.2, 0.25) is 5.91 Å². The zero-order valence-corrected chi connectivity index (χ0v) is 43.1. The molecule has 2 N–H and O–H groups in total. The Bertz CT molecular complexity index is 1270. The van der Waals surface area contributed by atoms with E-state index in [1.165, 1.54) is 141 Å². The minimum atomic E-state index is -4.60. The van der Waals surface area contributed by atoms with E-state index in [1.54, 1.807) is 6.08 Å². The number of likely N-dealkylation sites (N-methyl/N-ethyl adjacent to an activating group) is 1. The van der Waals surface area contributed by atoms with E-state index in [2.05, 4.69) is 66.9 Å². The van der Waals surface area contributed by atoms with Crippen molar-refractivity contribution in [3.63, 3.8) is 0 Å². The molecule has 0 saturated carbocycles. The summed E-state index contributed by atoms with van der Waals surface area (Å²) in [5.74, 6) is -0.215. The first-order chi connectivity index (χ1) is 31.0. The van der Waals surface area contributed by atoms with Crippen molar-refractivity contribution in [1.82, 2.24) is 5.32 Å². The molecule has 0 aliphatic rings. The first-order valence-corrected chi connectivity index (χ1v) is 27.7. The smallest absolute Gasteiger partial charge is 0.268 e. The highest BCUT2D eigenvalue weighted by molar-refractivity contribution is 7.45. The third-order valence-electron chi connectivity index (χ3n) is 11.5. The molecule has 0 aromatic carbocycles. The van der Waals surface area contributed by atoms with Crippen LogP contribution in [0.2, 0.25) is 0 Å². The van der Waals surface area contributed by atoms with Gasteiger partial charge in [0.1, 0.15) is 13.2 Å². The highest BCUT2D eigenvalue weighted by Crippen LogP contribution is 2.38. The van der Waals surface area contributed by atoms with Crippen LogP contribution < -0.4 is 10.2 Å². The number of rotatable bonds is 47. The van der Waals surface area contributed by atoms with Gasteiger partial charge in [0, 0.05) is 6.42 Å². The summed E-state index contributed by atoms with van der Waals surface area (Å²) in [6.07, 6.45) is 63.0. The summed E-state index contributed by atoms with van der Waals surface area (Å²) >= 11 is 0. The number of carbonyl (C=O) groups is 1. The lowest BCUT2D eigenvalue weighted by atomic mass is 10.0. The number of phosphoric ester groups is 1. The molecule has 0 bridgehead atoms. The van der Waals surface area contributed by atoms with Crippen LogP contribution >= 0.6 is 7.82 Å². The van der Waals surface area contributed by atoms with Crippen molar-refractivity contribution in [3.05, 3.63) is 72.9 Å². The average Bonchev–Trinajstić information content (AvgIpc) is 3.25. The van der Waals surface area contributed by atoms with Gasteiger partial charge in [-0.05, 0) is 77.6 Å². The third-order valence-corrected chi connectivity index (χ3v) is 12.4. The van der Waals surface area contributed by atoms with E-state index in [0.717, 1.165) is 57.8 Å². The Morgan fingerprint density at radius 3 is 1.45 bits per heavy atom. The maximum atomic E-state index is 12.9. The molecule has 0 spiro atoms. The Morgan fingerprint density at radius 1 is 0.578 bits per heavy atom. The van der Waals surface area contributed by atoms with Crippen LogP contribution in [0.25, 0.3) is 0 Å². The van der Waals surface area contributed by atoms with Gasteiger partial charge in [0.15, 0.2) is 0 Å². The largest absolute Gasteiger partial charge is 0.756 e. The summed E-state index contributed by atoms with van der Waals surface area (Å²) in [4.78, 5) is 25.3. The molecule has 0 fully saturated rings. The molecule has 0 aliphatic heterocycles. The number of phosphoric acid groups is 1. The van der Waals surface area contributed by atoms with Gasteiger partial charge >= 0.3 is 0 Å². The molecule has 0 radical (unpaired) electrons. The minimum absolute atomic E-state index is 0.0111. The van der Waals surface area contributed by atoms with Crippen LogP contribution in [0.5, 0.6) is 0 Å². The number of amides is 1. The average molecular weight is 917 g/mol. The predicted molar refractivity (Wildman–Crippen MR) is 274 cm³/mol. The molecule has 372 valence electrons. The quantitative estimate of drug-likeness (QED) is 0.0272. The Balaban J connectivity index is 3.97. The summed E-state index contributed by atoms with van der Waals surface area (Å²) in [6.45, 7) is 4.36. The number of quaternary nitrogens is 1. The maximum absolute atomic E-state index is 12.9. The zero-order valence-electron chi connectivity index (χ0n) is 42.2. The minimum Gasteiger partial charge on any atom is -0.756 e. The van der Waals surface area contributed by atoms with Crippen LogP contribution in [0, 0.1) is 0 Å². The Morgan fingerprint density at radius 2 is 0.984 bits per heavy atom. The van der Waals surface area contributed by atoms with Gasteiger partial charge in [-0.15, -0.1) is 0 Å². The van der Waals surface area contributed by atoms with Gasteiger partial charge in [0.25, 0.3) is 7.82 Å². The van der Waals surface area contributed by atoms with Crippen LogP contribution in [0.15, 0.2) is 72.9 Å². The first kappa shape index (κ1) is 61.9. The van der Waals surface area contributed by atoms with E-state index in [4.69, 9.17) is 9.05 Å². The number of hydrogen-bond acceptors (Lipinski definition) is 6. The van der Waals surface area contributed by atoms with E-state index in [-0.39, 0.29) is 12.5 Å². The third kappa shape index (κ3) is 47.9. The molecule has 9 heteroatoms. The summed E-state index contributed by atoms with van der Waals surface area (Å²) in [7, 11) is 1.23. The van der Waals surface area contributed by atoms with Gasteiger partial charge < -0.3 is 28.8 Å². The number of carbonyl (C=O) groups excluding carboxylic acids is 1. The standard InChI is InChI=1S/C55H101N2O6P/c1-6-8-10-12-14-16-17-18-19-20-21-22-23-24-25-26-27-28-29-30-31-32-33-34-35-36-37-38-39-41-43-45-47-49-55(59)56-53(52-63-64(60,61)62-51-50-57(3,4)5)54(58)48-46-44-42-40-15-13-11-9-7-2/h7,9,15,17-18,20-21,23-24,40,46,48,53-54,58H,6,8,10-14,16,19,22,25-39,41-45,47,49-52H2,1-5H3,(H-,56,59,60,61)/b9-7+,18-17-,21-20-,24-23-,40-15+,48-46+. The maximum Gasteiger partial charge on any atom is 0.268 e. The normalized spacial score (nSPS) is 14.7. The molecular formula is C55H101N2O6P. The summed E-state index contributed by atoms with van der Waals surface area (Å²) in [5, 5.41) is 13.7. The number of aliphatic hydroxyl groups excluding tert-OH is 1. The van der Waals surface area contributed by atoms with Gasteiger partial charge in [-0.3, -0.25) is 9.36 Å². The molecule has 0 aliphatic carbocycles. The summed E-state index contributed by atoms with van der Waals surface area (Å²) < 4.78 is 23.1. The van der Waals surface area contributed by atoms with E-state index in [0.29, 0.717) is 17.4 Å². The van der Waals surface area contributed by atoms with Crippen molar-refractivity contribution in [1.29, 1.82) is 0 Å². The fourth-order valence-corrected chi connectivity index (χ4v) is 8.04. The SMILES string of the molecule is C/C=C/CC/C=C/CC/C=C/C(O)C(COP(=O)([O-])OCC[N+](C)(C)C)NC(=O)CCCCCCCCCCCCCCCCCCCC/C=C\C/C=C\C/C=C\CCCCCCC. The Kier molecular flexibility index (Phi) is 44.6. The van der Waals surface area contributed by atoms with Crippen molar-refractivity contribution in [2.45, 2.75) is 231 Å². The predicted octanol–water partition coefficient (Wildman–Crippen LogP) is 14.9. The molecule has 0 saturated heterocycles. The van der Waals surface area contributed by atoms with Crippen LogP contribution in [0.4, 0.5) is 0 Å². The molecule has 1 amide bonds. The van der Waals surface area contributed by atoms with Crippen molar-refractivity contribution in [3.8, 4) is 0 Å². The highest BCUT2D eigenvalue weighted by atomic mass is 31.2. The summed E-state index contributed by atoms with van der Waals surface area (Å²) in [5.41, 5.74) is 0. The van der Waals surface area contributed by atoms with Crippen LogP contribution in [-0.4, -0.2) is 68.5 Å². The number of nitrogens with one attached hydrogen (secondary N) is 1. The topological polar surface area (TPSA) is 108 Å². The number of hydrogen-bond donors (Lipinski definition) is 2. The number of allylic oxidation sites excluding steroid dienone is 11. The molecule has 0 aromatic heterocycles. The number of nitrogens with zero attached hydrogens (tertiary/aromatic N) is 1. The molecule has 3 unspecified atom stereocenters. The van der Waals surface area contributed by atoms with Crippen molar-refractivity contribution in [2.24, 2.45) is 0 Å². The van der Waals surface area contributed by atoms with Gasteiger partial charge in [0.05, 0.1) is 39.9 Å². The molecule has 0 heterocycles. The van der Waals surface area contributed by atoms with Gasteiger partial charge in [-0.2, -0.15) is 0 Å². The molecule has 3 atom stereocenters. The van der Waals surface area contributed by atoms with Crippen LogP contribution in [0.3, 0.4) is 0 Å². The second kappa shape index (κ2) is 46.1. The van der Waals surface area contributed by atoms with Crippen molar-refractivity contribution >= 4 is 13.7 Å². The lowest BCUT2D eigenvalue weighted by molar-refractivity contribution is -0.870. The van der Waals surface area contributed by atoms with E-state index < -0.39 is 26.6 Å². The Labute approximate surface area is 395 Å². The van der Waals surface area contributed by atoms with Crippen LogP contribution in [-0.2, 0) is 18.4 Å². The van der Waals surface area contributed by atoms with Gasteiger partial charge in [-0.25, -0.2) is 0 Å². The molecular weight excluding hydrogens is 816 g/mol. The zero-order chi connectivity index (χ0) is 47.1. The lowest BCUT2D eigenvalue weighted by Crippen LogP contribution is -2.45. The van der Waals surface area contributed by atoms with Crippen molar-refractivity contribution in [2.75, 3.05) is 40.9 Å². The van der Waals surface area contributed by atoms with E-state index >= 15 is 0 Å². The second-order valence-electron chi connectivity index (χ2n) is 18.9. The summed E-state index contributed by atoms with van der Waals surface area (Å²) in [6, 6.07) is -0.909. The van der Waals surface area contributed by atoms with E-state index in [9.17, 15) is 19.4 Å². The van der Waals surface area contributed by atoms with Gasteiger partial charge in [-0.1, -0.05) is 208 Å². The molecule has 0 rings (SSSR count). The lowest BCUT2D eigenvalue weighted by Gasteiger charge is -2.29. The molecule has 64 heavy (non-hydrogen) atoms. The number of unbranched alkanes of at least 4 members (excludes halogenated alkanes) is 25. The number of aliphatic hydroxyl groups is 1. The van der Waals surface area contributed by atoms with Crippen molar-refractivity contribution < 1.29 is 32.9 Å². The first-order valence-electron chi connectivity index (χ1n) is 26.3. The molecule has 0 aromatic rings. The second-order valence-corrected chi connectivity index (χ2v) is 20.3. The fourth-order valence-electron chi connectivity index (χ4n) is 7.32. The highest BCUT2D eigenvalue weighted by Gasteiger charge is 2.23. The monoisotopic (exact) mass is 917 g/mol. The Hall–Kier alpha value is -2.06. The fraction of sp³-hybridized carbons (Fsp3) is 0.764. The van der Waals surface area contributed by atoms with Crippen LogP contribution in [0.1, 0.15) is 219 Å². The molecule has 8 nitrogen and oxygen atoms in total. The van der Waals surface area contributed by atoms with E-state index in [1.807, 2.05) is 40.2 Å².